The molecule has 0 radical (unpaired) electrons. The molecule has 0 spiro atoms. The third kappa shape index (κ3) is 4.10. The van der Waals surface area contributed by atoms with Crippen LogP contribution < -0.4 is 10.6 Å². The van der Waals surface area contributed by atoms with Crippen LogP contribution >= 0.6 is 22.9 Å². The number of aliphatic hydroxyl groups excluding tert-OH is 1. The van der Waals surface area contributed by atoms with Crippen molar-refractivity contribution in [1.82, 2.24) is 19.7 Å². The third-order valence-electron chi connectivity index (χ3n) is 5.13. The Morgan fingerprint density at radius 2 is 2.21 bits per heavy atom. The van der Waals surface area contributed by atoms with Gasteiger partial charge in [0.2, 0.25) is 11.0 Å². The van der Waals surface area contributed by atoms with Crippen molar-refractivity contribution in [2.75, 3.05) is 31.7 Å². The first kappa shape index (κ1) is 21.9. The van der Waals surface area contributed by atoms with Gasteiger partial charge >= 0.3 is 0 Å². The van der Waals surface area contributed by atoms with Crippen LogP contribution in [0.15, 0.2) is 0 Å². The van der Waals surface area contributed by atoms with Crippen molar-refractivity contribution >= 4 is 34.0 Å². The molecule has 3 rings (SSSR count). The summed E-state index contributed by atoms with van der Waals surface area (Å²) in [5.74, 6) is -0.506. The number of hydrogen-bond donors (Lipinski definition) is 3. The van der Waals surface area contributed by atoms with Crippen LogP contribution in [0, 0.1) is 0 Å². The van der Waals surface area contributed by atoms with Crippen molar-refractivity contribution in [2.24, 2.45) is 5.73 Å². The van der Waals surface area contributed by atoms with Gasteiger partial charge in [0, 0.05) is 20.2 Å². The van der Waals surface area contributed by atoms with Gasteiger partial charge in [-0.05, 0) is 19.8 Å². The molecule has 10 nitrogen and oxygen atoms in total. The van der Waals surface area contributed by atoms with Gasteiger partial charge in [0.15, 0.2) is 10.2 Å². The lowest BCUT2D eigenvalue weighted by Gasteiger charge is -2.39. The molecule has 1 amide bonds. The van der Waals surface area contributed by atoms with Crippen LogP contribution in [-0.2, 0) is 16.8 Å². The van der Waals surface area contributed by atoms with Gasteiger partial charge in [0.1, 0.15) is 5.60 Å². The number of nitrogens with two attached hydrogens (primary N) is 1. The zero-order valence-corrected chi connectivity index (χ0v) is 18.1. The summed E-state index contributed by atoms with van der Waals surface area (Å²) in [5.41, 5.74) is 4.84. The summed E-state index contributed by atoms with van der Waals surface area (Å²) >= 11 is 7.46. The van der Waals surface area contributed by atoms with Crippen LogP contribution in [-0.4, -0.2) is 68.8 Å². The van der Waals surface area contributed by atoms with Crippen LogP contribution in [0.3, 0.4) is 0 Å². The Balaban J connectivity index is 1.87. The summed E-state index contributed by atoms with van der Waals surface area (Å²) in [5, 5.41) is 28.9. The first-order valence-electron chi connectivity index (χ1n) is 9.24. The summed E-state index contributed by atoms with van der Waals surface area (Å²) in [7, 11) is 1.61. The predicted molar refractivity (Wildman–Crippen MR) is 108 cm³/mol. The molecule has 1 unspecified atom stereocenters. The molecule has 12 heteroatoms. The number of methoxy groups -OCH3 is 1. The van der Waals surface area contributed by atoms with E-state index < -0.39 is 18.1 Å². The molecule has 1 fully saturated rings. The van der Waals surface area contributed by atoms with Crippen LogP contribution in [0.5, 0.6) is 0 Å². The van der Waals surface area contributed by atoms with E-state index in [1.54, 1.807) is 11.7 Å². The third-order valence-corrected chi connectivity index (χ3v) is 6.67. The molecule has 3 atom stereocenters. The average Bonchev–Trinajstić information content (AvgIpc) is 3.32. The van der Waals surface area contributed by atoms with Crippen molar-refractivity contribution in [1.29, 1.82) is 0 Å². The van der Waals surface area contributed by atoms with E-state index in [0.717, 1.165) is 5.69 Å². The zero-order valence-electron chi connectivity index (χ0n) is 16.5. The summed E-state index contributed by atoms with van der Waals surface area (Å²) in [4.78, 5) is 18.1. The van der Waals surface area contributed by atoms with E-state index >= 15 is 0 Å². The van der Waals surface area contributed by atoms with Crippen LogP contribution in [0.2, 0.25) is 5.15 Å². The fraction of sp³-hybridized carbons (Fsp3) is 0.647. The molecular weight excluding hydrogens is 420 g/mol. The minimum absolute atomic E-state index is 0.129. The lowest BCUT2D eigenvalue weighted by atomic mass is 10.0. The molecule has 0 saturated carbocycles. The molecule has 1 aliphatic heterocycles. The number of ether oxygens (including phenoxy) is 1. The van der Waals surface area contributed by atoms with Gasteiger partial charge in [0.25, 0.3) is 5.91 Å². The van der Waals surface area contributed by atoms with Crippen molar-refractivity contribution < 1.29 is 19.7 Å². The van der Waals surface area contributed by atoms with E-state index in [9.17, 15) is 15.0 Å². The minimum atomic E-state index is -1.44. The molecular formula is C17H25ClN6O4S. The largest absolute Gasteiger partial charge is 0.393 e. The topological polar surface area (TPSA) is 140 Å². The van der Waals surface area contributed by atoms with E-state index in [1.807, 2.05) is 11.8 Å². The number of carbonyl (C=O) groups is 1. The number of hydrogen-bond acceptors (Lipinski definition) is 9. The number of anilines is 1. The molecule has 2 aromatic rings. The molecule has 160 valence electrons. The van der Waals surface area contributed by atoms with Gasteiger partial charge in [-0.15, -0.1) is 10.2 Å². The number of rotatable bonds is 7. The molecule has 3 heterocycles. The molecule has 4 N–H and O–H groups in total. The Morgan fingerprint density at radius 3 is 2.79 bits per heavy atom. The second-order valence-corrected chi connectivity index (χ2v) is 8.47. The maximum atomic E-state index is 11.9. The monoisotopic (exact) mass is 444 g/mol. The zero-order chi connectivity index (χ0) is 21.3. The number of amides is 1. The first-order chi connectivity index (χ1) is 13.7. The van der Waals surface area contributed by atoms with E-state index in [0.29, 0.717) is 36.1 Å². The van der Waals surface area contributed by atoms with Gasteiger partial charge in [-0.3, -0.25) is 4.79 Å². The van der Waals surface area contributed by atoms with E-state index in [2.05, 4.69) is 15.2 Å². The maximum absolute atomic E-state index is 11.9. The summed E-state index contributed by atoms with van der Waals surface area (Å²) in [6.45, 7) is 4.10. The number of halogens is 1. The molecule has 1 aliphatic rings. The van der Waals surface area contributed by atoms with Gasteiger partial charge in [-0.25, -0.2) is 4.98 Å². The van der Waals surface area contributed by atoms with Crippen molar-refractivity contribution in [3.63, 3.8) is 0 Å². The second kappa shape index (κ2) is 8.52. The maximum Gasteiger partial charge on any atom is 0.284 e. The molecule has 0 aliphatic carbocycles. The molecule has 29 heavy (non-hydrogen) atoms. The van der Waals surface area contributed by atoms with E-state index in [4.69, 9.17) is 22.1 Å². The Hall–Kier alpha value is -1.79. The fourth-order valence-electron chi connectivity index (χ4n) is 3.52. The number of aromatic nitrogens is 4. The van der Waals surface area contributed by atoms with Crippen LogP contribution in [0.25, 0.3) is 0 Å². The predicted octanol–water partition coefficient (Wildman–Crippen LogP) is 0.715. The van der Waals surface area contributed by atoms with Gasteiger partial charge in [-0.1, -0.05) is 29.9 Å². The van der Waals surface area contributed by atoms with Gasteiger partial charge in [-0.2, -0.15) is 0 Å². The SMILES string of the molecule is CCc1c(Cl)nc(C(N)=O)n1[C@@H]1CCN(c2nnc(C(C)(O)CO)s2)C[C@@H]1OC. The second-order valence-electron chi connectivity index (χ2n) is 7.16. The summed E-state index contributed by atoms with van der Waals surface area (Å²) < 4.78 is 7.53. The Labute approximate surface area is 177 Å². The highest BCUT2D eigenvalue weighted by molar-refractivity contribution is 7.15. The van der Waals surface area contributed by atoms with Gasteiger partial charge < -0.3 is 30.2 Å². The highest BCUT2D eigenvalue weighted by Gasteiger charge is 2.36. The van der Waals surface area contributed by atoms with E-state index in [1.165, 1.54) is 18.3 Å². The Morgan fingerprint density at radius 1 is 1.48 bits per heavy atom. The van der Waals surface area contributed by atoms with Crippen molar-refractivity contribution in [2.45, 2.75) is 44.4 Å². The summed E-state index contributed by atoms with van der Waals surface area (Å²) in [6.07, 6.45) is 0.971. The molecule has 1 saturated heterocycles. The fourth-order valence-corrected chi connectivity index (χ4v) is 4.74. The van der Waals surface area contributed by atoms with Crippen molar-refractivity contribution in [3.8, 4) is 0 Å². The lowest BCUT2D eigenvalue weighted by Crippen LogP contribution is -2.46. The minimum Gasteiger partial charge on any atom is -0.393 e. The molecule has 0 bridgehead atoms. The average molecular weight is 445 g/mol. The number of primary amides is 1. The van der Waals surface area contributed by atoms with Crippen molar-refractivity contribution in [3.05, 3.63) is 21.7 Å². The standard InChI is InChI=1S/C17H25ClN6O4S/c1-4-9-12(18)20-14(13(19)26)24(9)10-5-6-23(7-11(10)28-3)16-22-21-15(29-16)17(2,27)8-25/h10-11,25,27H,4-8H2,1-3H3,(H2,19,26)/t10-,11+,17?/m1/s1. The quantitative estimate of drug-likeness (QED) is 0.567. The number of nitrogens with zero attached hydrogens (tertiary/aromatic N) is 5. The number of piperidine rings is 1. The molecule has 0 aromatic carbocycles. The Kier molecular flexibility index (Phi) is 6.44. The lowest BCUT2D eigenvalue weighted by molar-refractivity contribution is -0.00294. The van der Waals surface area contributed by atoms with Crippen LogP contribution in [0.4, 0.5) is 5.13 Å². The highest BCUT2D eigenvalue weighted by Crippen LogP contribution is 2.35. The number of aliphatic hydroxyl groups is 2. The highest BCUT2D eigenvalue weighted by atomic mass is 35.5. The van der Waals surface area contributed by atoms with Gasteiger partial charge in [0.05, 0.1) is 24.4 Å². The molecule has 2 aromatic heterocycles. The van der Waals surface area contributed by atoms with Crippen LogP contribution in [0.1, 0.15) is 47.6 Å². The van der Waals surface area contributed by atoms with E-state index in [-0.39, 0.29) is 23.1 Å². The smallest absolute Gasteiger partial charge is 0.284 e. The Bertz CT molecular complexity index is 885. The summed E-state index contributed by atoms with van der Waals surface area (Å²) in [6, 6.07) is -0.165. The number of carbonyl (C=O) groups excluding carboxylic acids is 1. The normalized spacial score (nSPS) is 21.9. The number of imidazole rings is 1. The first-order valence-corrected chi connectivity index (χ1v) is 10.4.